The molecule has 3 amide bonds. The molecule has 0 radical (unpaired) electrons. The number of hydrogen-bond donors (Lipinski definition) is 2. The number of nitrogens with zero attached hydrogens (tertiary/aromatic N) is 3. The smallest absolute Gasteiger partial charge is 0.243 e. The van der Waals surface area contributed by atoms with Crippen LogP contribution < -0.4 is 10.6 Å². The Morgan fingerprint density at radius 3 is 2.46 bits per heavy atom. The van der Waals surface area contributed by atoms with Gasteiger partial charge in [-0.3, -0.25) is 24.2 Å². The Kier molecular flexibility index (Phi) is 8.38. The van der Waals surface area contributed by atoms with Gasteiger partial charge in [0.25, 0.3) is 0 Å². The van der Waals surface area contributed by atoms with Gasteiger partial charge in [0.15, 0.2) is 0 Å². The van der Waals surface area contributed by atoms with Crippen LogP contribution >= 0.6 is 11.6 Å². The first-order valence-electron chi connectivity index (χ1n) is 12.0. The normalized spacial score (nSPS) is 19.3. The number of piperazine rings is 2. The highest BCUT2D eigenvalue weighted by atomic mass is 35.5. The molecule has 4 rings (SSSR count). The second kappa shape index (κ2) is 11.7. The van der Waals surface area contributed by atoms with Crippen molar-refractivity contribution >= 4 is 35.0 Å². The maximum absolute atomic E-state index is 13.2. The number of hydrogen-bond acceptors (Lipinski definition) is 5. The molecule has 35 heavy (non-hydrogen) atoms. The van der Waals surface area contributed by atoms with Crippen LogP contribution in [0.2, 0.25) is 5.02 Å². The third kappa shape index (κ3) is 6.81. The molecule has 2 heterocycles. The molecule has 2 aliphatic heterocycles. The van der Waals surface area contributed by atoms with Crippen molar-refractivity contribution in [2.45, 2.75) is 25.9 Å². The molecule has 0 saturated carbocycles. The van der Waals surface area contributed by atoms with E-state index in [9.17, 15) is 14.4 Å². The summed E-state index contributed by atoms with van der Waals surface area (Å²) >= 11 is 6.14. The number of benzene rings is 2. The summed E-state index contributed by atoms with van der Waals surface area (Å²) in [5, 5.41) is 6.12. The summed E-state index contributed by atoms with van der Waals surface area (Å²) < 4.78 is 0. The van der Waals surface area contributed by atoms with Gasteiger partial charge in [-0.25, -0.2) is 0 Å². The summed E-state index contributed by atoms with van der Waals surface area (Å²) in [5.74, 6) is -0.749. The summed E-state index contributed by atoms with van der Waals surface area (Å²) in [5.41, 5.74) is 2.76. The van der Waals surface area contributed by atoms with Crippen molar-refractivity contribution in [2.24, 2.45) is 0 Å². The maximum atomic E-state index is 13.2. The van der Waals surface area contributed by atoms with Crippen molar-refractivity contribution in [1.29, 1.82) is 0 Å². The van der Waals surface area contributed by atoms with E-state index in [0.717, 1.165) is 38.3 Å². The fraction of sp³-hybridized carbons (Fsp3) is 0.423. The topological polar surface area (TPSA) is 85.0 Å². The van der Waals surface area contributed by atoms with Crippen molar-refractivity contribution in [3.05, 3.63) is 64.7 Å². The SMILES string of the molecule is Cc1ccc(NC(=O)C[C@H]2C(=O)NCCN2C(=O)CN2CCN(Cc3ccccc3)CC2)cc1Cl. The molecule has 2 fully saturated rings. The number of amides is 3. The Hall–Kier alpha value is -2.94. The molecular weight excluding hydrogens is 466 g/mol. The second-order valence-corrected chi connectivity index (χ2v) is 9.56. The van der Waals surface area contributed by atoms with Crippen LogP contribution in [0, 0.1) is 6.92 Å². The Morgan fingerprint density at radius 2 is 1.74 bits per heavy atom. The summed E-state index contributed by atoms with van der Waals surface area (Å²) in [6, 6.07) is 14.8. The van der Waals surface area contributed by atoms with Gasteiger partial charge >= 0.3 is 0 Å². The third-order valence-corrected chi connectivity index (χ3v) is 6.97. The lowest BCUT2D eigenvalue weighted by atomic mass is 10.1. The van der Waals surface area contributed by atoms with Gasteiger partial charge in [-0.2, -0.15) is 0 Å². The minimum atomic E-state index is -0.823. The fourth-order valence-corrected chi connectivity index (χ4v) is 4.68. The van der Waals surface area contributed by atoms with E-state index in [1.54, 1.807) is 17.0 Å². The summed E-state index contributed by atoms with van der Waals surface area (Å²) in [7, 11) is 0. The second-order valence-electron chi connectivity index (χ2n) is 9.15. The lowest BCUT2D eigenvalue weighted by Gasteiger charge is -2.38. The zero-order chi connectivity index (χ0) is 24.8. The number of aryl methyl sites for hydroxylation is 1. The average Bonchev–Trinajstić information content (AvgIpc) is 2.84. The van der Waals surface area contributed by atoms with E-state index in [0.29, 0.717) is 23.8 Å². The van der Waals surface area contributed by atoms with Gasteiger partial charge in [-0.15, -0.1) is 0 Å². The first-order chi connectivity index (χ1) is 16.9. The van der Waals surface area contributed by atoms with Crippen LogP contribution in [-0.2, 0) is 20.9 Å². The Morgan fingerprint density at radius 1 is 1.03 bits per heavy atom. The van der Waals surface area contributed by atoms with Crippen molar-refractivity contribution in [1.82, 2.24) is 20.0 Å². The van der Waals surface area contributed by atoms with Gasteiger partial charge < -0.3 is 15.5 Å². The van der Waals surface area contributed by atoms with Crippen molar-refractivity contribution in [2.75, 3.05) is 51.1 Å². The highest BCUT2D eigenvalue weighted by Gasteiger charge is 2.35. The largest absolute Gasteiger partial charge is 0.353 e. The maximum Gasteiger partial charge on any atom is 0.243 e. The minimum absolute atomic E-state index is 0.103. The van der Waals surface area contributed by atoms with Crippen LogP contribution in [0.4, 0.5) is 5.69 Å². The standard InChI is InChI=1S/C26H32ClN5O3/c1-19-7-8-21(15-22(19)27)29-24(33)16-23-26(35)28-9-10-32(23)25(34)18-31-13-11-30(12-14-31)17-20-5-3-2-4-6-20/h2-8,15,23H,9-14,16-18H2,1H3,(H,28,35)(H,29,33)/t23-/m0/s1. The number of rotatable bonds is 7. The van der Waals surface area contributed by atoms with Crippen LogP contribution in [-0.4, -0.2) is 84.3 Å². The molecule has 186 valence electrons. The van der Waals surface area contributed by atoms with E-state index in [-0.39, 0.29) is 30.7 Å². The summed E-state index contributed by atoms with van der Waals surface area (Å²) in [4.78, 5) is 44.5. The van der Waals surface area contributed by atoms with Gasteiger partial charge in [0.2, 0.25) is 17.7 Å². The Balaban J connectivity index is 1.30. The van der Waals surface area contributed by atoms with Crippen LogP contribution in [0.3, 0.4) is 0 Å². The van der Waals surface area contributed by atoms with E-state index in [1.165, 1.54) is 5.56 Å². The quantitative estimate of drug-likeness (QED) is 0.612. The molecule has 0 aromatic heterocycles. The van der Waals surface area contributed by atoms with E-state index in [4.69, 9.17) is 11.6 Å². The van der Waals surface area contributed by atoms with E-state index >= 15 is 0 Å². The average molecular weight is 498 g/mol. The Bertz CT molecular complexity index is 1060. The van der Waals surface area contributed by atoms with E-state index < -0.39 is 6.04 Å². The predicted molar refractivity (Wildman–Crippen MR) is 136 cm³/mol. The summed E-state index contributed by atoms with van der Waals surface area (Å²) in [6.45, 7) is 7.16. The van der Waals surface area contributed by atoms with Crippen LogP contribution in [0.5, 0.6) is 0 Å². The Labute approximate surface area is 211 Å². The minimum Gasteiger partial charge on any atom is -0.353 e. The number of carbonyl (C=O) groups excluding carboxylic acids is 3. The molecule has 2 saturated heterocycles. The zero-order valence-electron chi connectivity index (χ0n) is 20.0. The molecule has 2 aromatic carbocycles. The van der Waals surface area contributed by atoms with Crippen molar-refractivity contribution in [3.8, 4) is 0 Å². The predicted octanol–water partition coefficient (Wildman–Crippen LogP) is 2.12. The molecule has 2 aliphatic rings. The monoisotopic (exact) mass is 497 g/mol. The van der Waals surface area contributed by atoms with Crippen molar-refractivity contribution in [3.63, 3.8) is 0 Å². The van der Waals surface area contributed by atoms with Gasteiger partial charge in [0, 0.05) is 56.5 Å². The van der Waals surface area contributed by atoms with Crippen LogP contribution in [0.1, 0.15) is 17.5 Å². The van der Waals surface area contributed by atoms with Gasteiger partial charge in [0.1, 0.15) is 6.04 Å². The number of carbonyl (C=O) groups is 3. The van der Waals surface area contributed by atoms with Crippen molar-refractivity contribution < 1.29 is 14.4 Å². The molecule has 0 unspecified atom stereocenters. The summed E-state index contributed by atoms with van der Waals surface area (Å²) in [6.07, 6.45) is -0.103. The first-order valence-corrected chi connectivity index (χ1v) is 12.4. The highest BCUT2D eigenvalue weighted by molar-refractivity contribution is 6.31. The molecular formula is C26H32ClN5O3. The molecule has 9 heteroatoms. The number of nitrogens with one attached hydrogen (secondary N) is 2. The molecule has 1 atom stereocenters. The van der Waals surface area contributed by atoms with E-state index in [2.05, 4.69) is 32.6 Å². The lowest BCUT2D eigenvalue weighted by molar-refractivity contribution is -0.145. The van der Waals surface area contributed by atoms with Gasteiger partial charge in [-0.1, -0.05) is 48.0 Å². The highest BCUT2D eigenvalue weighted by Crippen LogP contribution is 2.21. The van der Waals surface area contributed by atoms with Gasteiger partial charge in [-0.05, 0) is 30.2 Å². The molecule has 0 aliphatic carbocycles. The van der Waals surface area contributed by atoms with Gasteiger partial charge in [0.05, 0.1) is 13.0 Å². The molecule has 0 spiro atoms. The molecule has 0 bridgehead atoms. The lowest BCUT2D eigenvalue weighted by Crippen LogP contribution is -2.60. The molecule has 8 nitrogen and oxygen atoms in total. The number of anilines is 1. The fourth-order valence-electron chi connectivity index (χ4n) is 4.50. The first kappa shape index (κ1) is 25.2. The van der Waals surface area contributed by atoms with Crippen LogP contribution in [0.25, 0.3) is 0 Å². The number of halogens is 1. The molecule has 2 aromatic rings. The zero-order valence-corrected chi connectivity index (χ0v) is 20.8. The van der Waals surface area contributed by atoms with Crippen LogP contribution in [0.15, 0.2) is 48.5 Å². The third-order valence-electron chi connectivity index (χ3n) is 6.56. The molecule has 2 N–H and O–H groups in total. The van der Waals surface area contributed by atoms with E-state index in [1.807, 2.05) is 31.2 Å².